The van der Waals surface area contributed by atoms with E-state index in [1.54, 1.807) is 19.1 Å². The van der Waals surface area contributed by atoms with E-state index in [0.717, 1.165) is 13.7 Å². The minimum Gasteiger partial charge on any atom is -0.465 e. The monoisotopic (exact) mass is 406 g/mol. The number of sulfonamides is 1. The fraction of sp³-hybridized carbons (Fsp3) is 0.429. The maximum atomic E-state index is 12.4. The van der Waals surface area contributed by atoms with Crippen molar-refractivity contribution in [2.24, 2.45) is 0 Å². The summed E-state index contributed by atoms with van der Waals surface area (Å²) in [5, 5.41) is 0. The van der Waals surface area contributed by atoms with E-state index < -0.39 is 21.9 Å². The Balaban J connectivity index is 2.73. The molecule has 0 bridgehead atoms. The van der Waals surface area contributed by atoms with Gasteiger partial charge in [0.05, 0.1) is 18.0 Å². The molecule has 0 N–H and O–H groups in total. The van der Waals surface area contributed by atoms with Crippen molar-refractivity contribution in [3.8, 4) is 0 Å². The first kappa shape index (κ1) is 19.6. The van der Waals surface area contributed by atoms with Gasteiger partial charge in [-0.05, 0) is 31.2 Å². The number of carbonyl (C=O) groups excluding carboxylic acids is 2. The molecular formula is C14H19BrN2O5S. The number of amides is 1. The molecule has 1 rings (SSSR count). The zero-order chi connectivity index (χ0) is 17.6. The highest BCUT2D eigenvalue weighted by atomic mass is 79.9. The van der Waals surface area contributed by atoms with Crippen LogP contribution in [0.4, 0.5) is 0 Å². The van der Waals surface area contributed by atoms with Gasteiger partial charge in [0.25, 0.3) is 0 Å². The number of rotatable bonds is 7. The van der Waals surface area contributed by atoms with Crippen molar-refractivity contribution in [2.45, 2.75) is 11.8 Å². The predicted molar refractivity (Wildman–Crippen MR) is 88.2 cm³/mol. The Hall–Kier alpha value is -1.45. The lowest BCUT2D eigenvalue weighted by atomic mass is 10.4. The number of benzene rings is 1. The molecule has 0 radical (unpaired) electrons. The van der Waals surface area contributed by atoms with Crippen LogP contribution in [0.5, 0.6) is 0 Å². The lowest BCUT2D eigenvalue weighted by Crippen LogP contribution is -2.41. The summed E-state index contributed by atoms with van der Waals surface area (Å²) in [6, 6.07) is 6.11. The number of likely N-dealkylation sites (N-methyl/N-ethyl adjacent to an activating group) is 2. The van der Waals surface area contributed by atoms with Crippen molar-refractivity contribution in [3.05, 3.63) is 28.7 Å². The van der Waals surface area contributed by atoms with E-state index in [1.807, 2.05) is 0 Å². The summed E-state index contributed by atoms with van der Waals surface area (Å²) in [6.07, 6.45) is 0. The molecule has 23 heavy (non-hydrogen) atoms. The van der Waals surface area contributed by atoms with Crippen molar-refractivity contribution in [1.82, 2.24) is 9.21 Å². The molecule has 9 heteroatoms. The molecular weight excluding hydrogens is 388 g/mol. The quantitative estimate of drug-likeness (QED) is 0.632. The molecule has 0 spiro atoms. The summed E-state index contributed by atoms with van der Waals surface area (Å²) in [7, 11) is -1.05. The van der Waals surface area contributed by atoms with Gasteiger partial charge in [-0.15, -0.1) is 0 Å². The minimum atomic E-state index is -3.77. The van der Waals surface area contributed by atoms with Gasteiger partial charge in [0, 0.05) is 18.6 Å². The van der Waals surface area contributed by atoms with Gasteiger partial charge in [0.2, 0.25) is 15.9 Å². The number of nitrogens with zero attached hydrogens (tertiary/aromatic N) is 2. The summed E-state index contributed by atoms with van der Waals surface area (Å²) in [5.74, 6) is -1.04. The molecule has 128 valence electrons. The number of esters is 1. The van der Waals surface area contributed by atoms with Crippen LogP contribution in [0.15, 0.2) is 33.6 Å². The van der Waals surface area contributed by atoms with Crippen LogP contribution in [0, 0.1) is 0 Å². The Bertz CT molecular complexity index is 660. The van der Waals surface area contributed by atoms with Crippen LogP contribution >= 0.6 is 15.9 Å². The second-order valence-electron chi connectivity index (χ2n) is 4.77. The normalized spacial score (nSPS) is 11.3. The van der Waals surface area contributed by atoms with Crippen LogP contribution in [-0.2, 0) is 24.3 Å². The zero-order valence-electron chi connectivity index (χ0n) is 13.2. The summed E-state index contributed by atoms with van der Waals surface area (Å²) in [5.41, 5.74) is 0. The van der Waals surface area contributed by atoms with E-state index in [0.29, 0.717) is 0 Å². The van der Waals surface area contributed by atoms with E-state index in [4.69, 9.17) is 4.74 Å². The van der Waals surface area contributed by atoms with Crippen molar-refractivity contribution in [1.29, 1.82) is 0 Å². The lowest BCUT2D eigenvalue weighted by Gasteiger charge is -2.21. The largest absolute Gasteiger partial charge is 0.465 e. The molecule has 1 aromatic carbocycles. The Morgan fingerprint density at radius 1 is 1.13 bits per heavy atom. The Labute approximate surface area is 144 Å². The molecule has 1 amide bonds. The molecule has 0 heterocycles. The van der Waals surface area contributed by atoms with Crippen molar-refractivity contribution >= 4 is 37.8 Å². The Morgan fingerprint density at radius 2 is 1.70 bits per heavy atom. The van der Waals surface area contributed by atoms with E-state index in [1.165, 1.54) is 26.2 Å². The van der Waals surface area contributed by atoms with Gasteiger partial charge >= 0.3 is 5.97 Å². The molecule has 0 atom stereocenters. The van der Waals surface area contributed by atoms with Crippen LogP contribution in [0.2, 0.25) is 0 Å². The van der Waals surface area contributed by atoms with E-state index in [-0.39, 0.29) is 24.6 Å². The maximum Gasteiger partial charge on any atom is 0.325 e. The molecule has 1 aromatic rings. The van der Waals surface area contributed by atoms with Crippen molar-refractivity contribution in [2.75, 3.05) is 33.8 Å². The van der Waals surface area contributed by atoms with Gasteiger partial charge in [-0.25, -0.2) is 8.42 Å². The summed E-state index contributed by atoms with van der Waals surface area (Å²) in [6.45, 7) is 1.30. The average Bonchev–Trinajstić information content (AvgIpc) is 2.47. The maximum absolute atomic E-state index is 12.4. The highest BCUT2D eigenvalue weighted by molar-refractivity contribution is 9.10. The molecule has 0 saturated heterocycles. The minimum absolute atomic E-state index is 0.0871. The fourth-order valence-corrected chi connectivity index (χ4v) is 3.06. The van der Waals surface area contributed by atoms with Crippen molar-refractivity contribution in [3.63, 3.8) is 0 Å². The number of carbonyl (C=O) groups is 2. The third-order valence-electron chi connectivity index (χ3n) is 2.98. The van der Waals surface area contributed by atoms with Crippen LogP contribution < -0.4 is 0 Å². The topological polar surface area (TPSA) is 84.0 Å². The van der Waals surface area contributed by atoms with Gasteiger partial charge < -0.3 is 9.64 Å². The molecule has 0 aliphatic rings. The van der Waals surface area contributed by atoms with Crippen LogP contribution in [0.3, 0.4) is 0 Å². The highest BCUT2D eigenvalue weighted by Gasteiger charge is 2.24. The summed E-state index contributed by atoms with van der Waals surface area (Å²) >= 11 is 3.23. The van der Waals surface area contributed by atoms with E-state index >= 15 is 0 Å². The molecule has 0 aromatic heterocycles. The number of hydrogen-bond acceptors (Lipinski definition) is 5. The number of hydrogen-bond donors (Lipinski definition) is 0. The van der Waals surface area contributed by atoms with Crippen molar-refractivity contribution < 1.29 is 22.7 Å². The Morgan fingerprint density at radius 3 is 2.22 bits per heavy atom. The summed E-state index contributed by atoms with van der Waals surface area (Å²) < 4.78 is 31.2. The van der Waals surface area contributed by atoms with Gasteiger partial charge in [-0.3, -0.25) is 9.59 Å². The first-order chi connectivity index (χ1) is 10.7. The second kappa shape index (κ2) is 8.42. The molecule has 0 aliphatic carbocycles. The zero-order valence-corrected chi connectivity index (χ0v) is 15.6. The standard InChI is InChI=1S/C14H19BrN2O5S/c1-4-22-14(19)10-16(2)13(18)9-17(3)23(20,21)12-7-5-11(15)6-8-12/h5-8H,4,9-10H2,1-3H3. The smallest absolute Gasteiger partial charge is 0.325 e. The first-order valence-corrected chi connectivity index (χ1v) is 9.03. The van der Waals surface area contributed by atoms with Crippen LogP contribution in [-0.4, -0.2) is 63.3 Å². The Kier molecular flexibility index (Phi) is 7.17. The van der Waals surface area contributed by atoms with Gasteiger partial charge in [0.1, 0.15) is 6.54 Å². The predicted octanol–water partition coefficient (Wildman–Crippen LogP) is 1.09. The van der Waals surface area contributed by atoms with Crippen LogP contribution in [0.25, 0.3) is 0 Å². The van der Waals surface area contributed by atoms with Crippen LogP contribution in [0.1, 0.15) is 6.92 Å². The third kappa shape index (κ3) is 5.60. The number of halogens is 1. The van der Waals surface area contributed by atoms with Gasteiger partial charge in [-0.1, -0.05) is 15.9 Å². The van der Waals surface area contributed by atoms with Gasteiger partial charge in [-0.2, -0.15) is 4.31 Å². The van der Waals surface area contributed by atoms with E-state index in [9.17, 15) is 18.0 Å². The highest BCUT2D eigenvalue weighted by Crippen LogP contribution is 2.17. The molecule has 0 saturated carbocycles. The third-order valence-corrected chi connectivity index (χ3v) is 5.32. The fourth-order valence-electron chi connectivity index (χ4n) is 1.67. The molecule has 0 aliphatic heterocycles. The summed E-state index contributed by atoms with van der Waals surface area (Å²) in [4.78, 5) is 24.6. The lowest BCUT2D eigenvalue weighted by molar-refractivity contribution is -0.148. The number of ether oxygens (including phenoxy) is 1. The molecule has 7 nitrogen and oxygen atoms in total. The molecule has 0 fully saturated rings. The first-order valence-electron chi connectivity index (χ1n) is 6.80. The molecule has 0 unspecified atom stereocenters. The van der Waals surface area contributed by atoms with E-state index in [2.05, 4.69) is 15.9 Å². The second-order valence-corrected chi connectivity index (χ2v) is 7.73. The SMILES string of the molecule is CCOC(=O)CN(C)C(=O)CN(C)S(=O)(=O)c1ccc(Br)cc1. The van der Waals surface area contributed by atoms with Gasteiger partial charge in [0.15, 0.2) is 0 Å². The average molecular weight is 407 g/mol.